The number of carboxylic acids is 1. The standard InChI is InChI=1S/C15H27NO3/c1-3-14(4-2)5-8-16(9-6-14)11-15(13(17)18)7-10-19-12-15/h3-12H2,1-2H3,(H,17,18). The second-order valence-electron chi connectivity index (χ2n) is 6.37. The molecule has 4 heteroatoms. The van der Waals surface area contributed by atoms with Crippen LogP contribution in [0.4, 0.5) is 0 Å². The number of nitrogens with zero attached hydrogens (tertiary/aromatic N) is 1. The first-order chi connectivity index (χ1) is 9.06. The van der Waals surface area contributed by atoms with Gasteiger partial charge in [-0.15, -0.1) is 0 Å². The van der Waals surface area contributed by atoms with E-state index in [1.165, 1.54) is 25.7 Å². The molecular formula is C15H27NO3. The van der Waals surface area contributed by atoms with E-state index in [4.69, 9.17) is 4.74 Å². The molecular weight excluding hydrogens is 242 g/mol. The maximum absolute atomic E-state index is 11.5. The van der Waals surface area contributed by atoms with Crippen molar-refractivity contribution in [1.29, 1.82) is 0 Å². The normalized spacial score (nSPS) is 31.5. The highest BCUT2D eigenvalue weighted by Crippen LogP contribution is 2.39. The van der Waals surface area contributed by atoms with E-state index in [0.717, 1.165) is 13.1 Å². The van der Waals surface area contributed by atoms with Gasteiger partial charge in [-0.2, -0.15) is 0 Å². The molecule has 2 aliphatic rings. The third-order valence-electron chi connectivity index (χ3n) is 5.50. The second kappa shape index (κ2) is 5.80. The largest absolute Gasteiger partial charge is 0.481 e. The zero-order valence-electron chi connectivity index (χ0n) is 12.3. The van der Waals surface area contributed by atoms with Gasteiger partial charge in [0, 0.05) is 13.2 Å². The molecule has 0 amide bonds. The zero-order valence-corrected chi connectivity index (χ0v) is 12.3. The van der Waals surface area contributed by atoms with Crippen molar-refractivity contribution in [2.75, 3.05) is 32.8 Å². The Labute approximate surface area is 116 Å². The van der Waals surface area contributed by atoms with E-state index >= 15 is 0 Å². The van der Waals surface area contributed by atoms with Crippen LogP contribution in [0.5, 0.6) is 0 Å². The van der Waals surface area contributed by atoms with Crippen LogP contribution in [0.3, 0.4) is 0 Å². The molecule has 0 aliphatic carbocycles. The molecule has 0 aromatic carbocycles. The number of rotatable bonds is 5. The Morgan fingerprint density at radius 1 is 1.21 bits per heavy atom. The van der Waals surface area contributed by atoms with Crippen LogP contribution in [-0.4, -0.2) is 48.8 Å². The van der Waals surface area contributed by atoms with Gasteiger partial charge in [0.15, 0.2) is 0 Å². The molecule has 110 valence electrons. The number of carboxylic acid groups (broad SMARTS) is 1. The summed E-state index contributed by atoms with van der Waals surface area (Å²) in [5, 5.41) is 9.48. The molecule has 0 radical (unpaired) electrons. The van der Waals surface area contributed by atoms with E-state index in [0.29, 0.717) is 31.6 Å². The molecule has 1 N–H and O–H groups in total. The van der Waals surface area contributed by atoms with Crippen molar-refractivity contribution < 1.29 is 14.6 Å². The van der Waals surface area contributed by atoms with Crippen molar-refractivity contribution >= 4 is 5.97 Å². The van der Waals surface area contributed by atoms with Crippen molar-refractivity contribution in [2.45, 2.75) is 46.0 Å². The Bertz CT molecular complexity index is 309. The number of aliphatic carboxylic acids is 1. The quantitative estimate of drug-likeness (QED) is 0.832. The van der Waals surface area contributed by atoms with Crippen molar-refractivity contribution in [3.8, 4) is 0 Å². The second-order valence-corrected chi connectivity index (χ2v) is 6.37. The fourth-order valence-corrected chi connectivity index (χ4v) is 3.54. The first kappa shape index (κ1) is 14.8. The van der Waals surface area contributed by atoms with E-state index in [1.54, 1.807) is 0 Å². The van der Waals surface area contributed by atoms with Gasteiger partial charge < -0.3 is 14.7 Å². The molecule has 4 nitrogen and oxygen atoms in total. The molecule has 2 aliphatic heterocycles. The van der Waals surface area contributed by atoms with Crippen molar-refractivity contribution in [2.24, 2.45) is 10.8 Å². The third-order valence-corrected chi connectivity index (χ3v) is 5.50. The van der Waals surface area contributed by atoms with E-state index in [1.807, 2.05) is 0 Å². The van der Waals surface area contributed by atoms with Crippen LogP contribution < -0.4 is 0 Å². The van der Waals surface area contributed by atoms with Gasteiger partial charge in [0.1, 0.15) is 5.41 Å². The van der Waals surface area contributed by atoms with Gasteiger partial charge >= 0.3 is 5.97 Å². The van der Waals surface area contributed by atoms with Crippen LogP contribution in [0.15, 0.2) is 0 Å². The lowest BCUT2D eigenvalue weighted by Crippen LogP contribution is -2.48. The summed E-state index contributed by atoms with van der Waals surface area (Å²) in [4.78, 5) is 13.9. The smallest absolute Gasteiger partial charge is 0.313 e. The number of carbonyl (C=O) groups is 1. The molecule has 2 rings (SSSR count). The Morgan fingerprint density at radius 2 is 1.84 bits per heavy atom. The van der Waals surface area contributed by atoms with Gasteiger partial charge in [-0.1, -0.05) is 26.7 Å². The summed E-state index contributed by atoms with van der Waals surface area (Å²) >= 11 is 0. The van der Waals surface area contributed by atoms with E-state index in [2.05, 4.69) is 18.7 Å². The zero-order chi connectivity index (χ0) is 13.9. The number of likely N-dealkylation sites (tertiary alicyclic amines) is 1. The Balaban J connectivity index is 1.93. The van der Waals surface area contributed by atoms with Crippen molar-refractivity contribution in [1.82, 2.24) is 4.90 Å². The van der Waals surface area contributed by atoms with Gasteiger partial charge in [0.2, 0.25) is 0 Å². The molecule has 0 spiro atoms. The van der Waals surface area contributed by atoms with E-state index < -0.39 is 11.4 Å². The first-order valence-electron chi connectivity index (χ1n) is 7.59. The minimum Gasteiger partial charge on any atom is -0.481 e. The monoisotopic (exact) mass is 269 g/mol. The number of hydrogen-bond acceptors (Lipinski definition) is 3. The number of hydrogen-bond donors (Lipinski definition) is 1. The van der Waals surface area contributed by atoms with Gasteiger partial charge in [0.25, 0.3) is 0 Å². The molecule has 0 aromatic heterocycles. The first-order valence-corrected chi connectivity index (χ1v) is 7.59. The van der Waals surface area contributed by atoms with Gasteiger partial charge in [0.05, 0.1) is 6.61 Å². The van der Waals surface area contributed by atoms with Crippen LogP contribution >= 0.6 is 0 Å². The molecule has 1 atom stereocenters. The molecule has 2 fully saturated rings. The fraction of sp³-hybridized carbons (Fsp3) is 0.933. The summed E-state index contributed by atoms with van der Waals surface area (Å²) in [5.74, 6) is -0.687. The minimum absolute atomic E-state index is 0.380. The van der Waals surface area contributed by atoms with Gasteiger partial charge in [-0.3, -0.25) is 4.79 Å². The van der Waals surface area contributed by atoms with Crippen LogP contribution in [-0.2, 0) is 9.53 Å². The van der Waals surface area contributed by atoms with Crippen LogP contribution in [0.1, 0.15) is 46.0 Å². The lowest BCUT2D eigenvalue weighted by Gasteiger charge is -2.43. The lowest BCUT2D eigenvalue weighted by atomic mass is 9.73. The Morgan fingerprint density at radius 3 is 2.26 bits per heavy atom. The topological polar surface area (TPSA) is 49.8 Å². The average Bonchev–Trinajstić information content (AvgIpc) is 2.90. The summed E-state index contributed by atoms with van der Waals surface area (Å²) in [5.41, 5.74) is -0.155. The minimum atomic E-state index is -0.687. The Hall–Kier alpha value is -0.610. The van der Waals surface area contributed by atoms with Crippen LogP contribution in [0.2, 0.25) is 0 Å². The molecule has 2 heterocycles. The SMILES string of the molecule is CCC1(CC)CCN(CC2(C(=O)O)CCOC2)CC1. The molecule has 2 saturated heterocycles. The predicted molar refractivity (Wildman–Crippen MR) is 74.2 cm³/mol. The van der Waals surface area contributed by atoms with Crippen molar-refractivity contribution in [3.05, 3.63) is 0 Å². The summed E-state index contributed by atoms with van der Waals surface area (Å²) in [6, 6.07) is 0. The third kappa shape index (κ3) is 2.95. The van der Waals surface area contributed by atoms with Crippen molar-refractivity contribution in [3.63, 3.8) is 0 Å². The summed E-state index contributed by atoms with van der Waals surface area (Å²) in [6.07, 6.45) is 5.55. The molecule has 1 unspecified atom stereocenters. The molecule has 0 bridgehead atoms. The highest BCUT2D eigenvalue weighted by atomic mass is 16.5. The number of ether oxygens (including phenoxy) is 1. The molecule has 0 saturated carbocycles. The summed E-state index contributed by atoms with van der Waals surface area (Å²) in [6.45, 7) is 8.27. The fourth-order valence-electron chi connectivity index (χ4n) is 3.54. The maximum atomic E-state index is 11.5. The highest BCUT2D eigenvalue weighted by molar-refractivity contribution is 5.75. The van der Waals surface area contributed by atoms with Gasteiger partial charge in [-0.25, -0.2) is 0 Å². The Kier molecular flexibility index (Phi) is 4.51. The van der Waals surface area contributed by atoms with E-state index in [9.17, 15) is 9.90 Å². The lowest BCUT2D eigenvalue weighted by molar-refractivity contribution is -0.150. The van der Waals surface area contributed by atoms with Crippen LogP contribution in [0, 0.1) is 10.8 Å². The summed E-state index contributed by atoms with van der Waals surface area (Å²) < 4.78 is 5.34. The van der Waals surface area contributed by atoms with Crippen LogP contribution in [0.25, 0.3) is 0 Å². The van der Waals surface area contributed by atoms with Gasteiger partial charge in [-0.05, 0) is 37.8 Å². The molecule has 0 aromatic rings. The average molecular weight is 269 g/mol. The predicted octanol–water partition coefficient (Wildman–Crippen LogP) is 2.38. The molecule has 19 heavy (non-hydrogen) atoms. The number of piperidine rings is 1. The highest BCUT2D eigenvalue weighted by Gasteiger charge is 2.45. The summed E-state index contributed by atoms with van der Waals surface area (Å²) in [7, 11) is 0. The van der Waals surface area contributed by atoms with E-state index in [-0.39, 0.29) is 0 Å². The maximum Gasteiger partial charge on any atom is 0.313 e.